The molecular weight excluding hydrogens is 292 g/mol. The Hall–Kier alpha value is -0.610. The van der Waals surface area contributed by atoms with Gasteiger partial charge in [0.2, 0.25) is 0 Å². The minimum absolute atomic E-state index is 0.102. The highest BCUT2D eigenvalue weighted by molar-refractivity contribution is 5.71. The summed E-state index contributed by atoms with van der Waals surface area (Å²) in [4.78, 5) is 11.8. The van der Waals surface area contributed by atoms with Gasteiger partial charge in [0.1, 0.15) is 5.60 Å². The van der Waals surface area contributed by atoms with Crippen LogP contribution >= 0.6 is 0 Å². The molecule has 4 aliphatic rings. The Labute approximate surface area is 138 Å². The third-order valence-electron chi connectivity index (χ3n) is 7.91. The van der Waals surface area contributed by atoms with E-state index in [1.165, 1.54) is 0 Å². The molecule has 1 aliphatic heterocycles. The molecule has 0 bridgehead atoms. The predicted molar refractivity (Wildman–Crippen MR) is 85.5 cm³/mol. The van der Waals surface area contributed by atoms with Crippen molar-refractivity contribution in [1.82, 2.24) is 0 Å². The van der Waals surface area contributed by atoms with Gasteiger partial charge in [-0.1, -0.05) is 6.92 Å². The van der Waals surface area contributed by atoms with Gasteiger partial charge in [0, 0.05) is 18.8 Å². The lowest BCUT2D eigenvalue weighted by Crippen LogP contribution is -2.63. The number of ether oxygens (including phenoxy) is 1. The van der Waals surface area contributed by atoms with Crippen LogP contribution in [0.3, 0.4) is 0 Å². The van der Waals surface area contributed by atoms with Crippen molar-refractivity contribution in [3.05, 3.63) is 0 Å². The molecule has 0 aromatic carbocycles. The van der Waals surface area contributed by atoms with E-state index in [4.69, 9.17) is 4.74 Å². The van der Waals surface area contributed by atoms with E-state index in [1.807, 2.05) is 6.92 Å². The molecule has 0 unspecified atom stereocenters. The minimum atomic E-state index is -0.479. The molecular formula is C19H30O4. The van der Waals surface area contributed by atoms with Gasteiger partial charge in [0.15, 0.2) is 0 Å². The summed E-state index contributed by atoms with van der Waals surface area (Å²) in [6.07, 6.45) is 6.47. The fourth-order valence-electron chi connectivity index (χ4n) is 6.89. The second kappa shape index (κ2) is 5.19. The summed E-state index contributed by atoms with van der Waals surface area (Å²) in [6.45, 7) is 4.38. The van der Waals surface area contributed by atoms with Crippen LogP contribution in [0.2, 0.25) is 0 Å². The molecule has 0 aromatic heterocycles. The van der Waals surface area contributed by atoms with Crippen LogP contribution in [0.4, 0.5) is 0 Å². The third-order valence-corrected chi connectivity index (χ3v) is 7.91. The first kappa shape index (κ1) is 15.9. The van der Waals surface area contributed by atoms with Crippen LogP contribution in [0.25, 0.3) is 0 Å². The highest BCUT2D eigenvalue weighted by atomic mass is 16.6. The molecule has 130 valence electrons. The molecule has 4 rings (SSSR count). The molecule has 1 saturated heterocycles. The van der Waals surface area contributed by atoms with Crippen LogP contribution in [-0.2, 0) is 9.53 Å². The average Bonchev–Trinajstić information content (AvgIpc) is 2.46. The van der Waals surface area contributed by atoms with Crippen LogP contribution in [0, 0.1) is 29.1 Å². The van der Waals surface area contributed by atoms with Crippen molar-refractivity contribution < 1.29 is 19.7 Å². The van der Waals surface area contributed by atoms with E-state index in [1.54, 1.807) is 0 Å². The predicted octanol–water partition coefficient (Wildman–Crippen LogP) is 2.66. The van der Waals surface area contributed by atoms with Gasteiger partial charge in [-0.15, -0.1) is 0 Å². The third kappa shape index (κ3) is 2.28. The molecule has 3 aliphatic carbocycles. The summed E-state index contributed by atoms with van der Waals surface area (Å²) in [5.41, 5.74) is -0.350. The zero-order valence-electron chi connectivity index (χ0n) is 14.3. The van der Waals surface area contributed by atoms with Gasteiger partial charge in [-0.05, 0) is 68.6 Å². The zero-order valence-corrected chi connectivity index (χ0v) is 14.3. The Morgan fingerprint density at radius 1 is 1.13 bits per heavy atom. The van der Waals surface area contributed by atoms with Crippen molar-refractivity contribution in [2.45, 2.75) is 83.0 Å². The van der Waals surface area contributed by atoms with Crippen molar-refractivity contribution in [2.75, 3.05) is 0 Å². The van der Waals surface area contributed by atoms with Gasteiger partial charge in [-0.25, -0.2) is 0 Å². The first-order chi connectivity index (χ1) is 10.8. The molecule has 4 fully saturated rings. The van der Waals surface area contributed by atoms with E-state index in [2.05, 4.69) is 6.92 Å². The molecule has 4 heteroatoms. The maximum atomic E-state index is 11.8. The van der Waals surface area contributed by atoms with E-state index in [-0.39, 0.29) is 17.5 Å². The molecule has 3 saturated carbocycles. The molecule has 2 N–H and O–H groups in total. The molecule has 0 spiro atoms. The van der Waals surface area contributed by atoms with Crippen molar-refractivity contribution in [3.8, 4) is 0 Å². The van der Waals surface area contributed by atoms with E-state index >= 15 is 0 Å². The highest BCUT2D eigenvalue weighted by Crippen LogP contribution is 2.63. The van der Waals surface area contributed by atoms with Gasteiger partial charge in [0.05, 0.1) is 12.2 Å². The minimum Gasteiger partial charge on any atom is -0.459 e. The first-order valence-electron chi connectivity index (χ1n) is 9.41. The van der Waals surface area contributed by atoms with E-state index in [9.17, 15) is 15.0 Å². The monoisotopic (exact) mass is 322 g/mol. The standard InChI is InChI=1S/C19H30O4/c1-18-8-7-12(20)9-11(18)3-4-13-14-5-6-16(22)23-19(14,2)10-15(21)17(13)18/h11-15,17,20-21H,3-10H2,1-2H3/t11-,12-,13-,14-,15+,17+,18-,19-/m0/s1. The van der Waals surface area contributed by atoms with E-state index in [0.717, 1.165) is 38.5 Å². The molecule has 8 atom stereocenters. The number of esters is 1. The van der Waals surface area contributed by atoms with Crippen LogP contribution in [0.15, 0.2) is 0 Å². The Morgan fingerprint density at radius 2 is 1.91 bits per heavy atom. The summed E-state index contributed by atoms with van der Waals surface area (Å²) >= 11 is 0. The van der Waals surface area contributed by atoms with Gasteiger partial charge in [0.25, 0.3) is 0 Å². The van der Waals surface area contributed by atoms with E-state index < -0.39 is 11.7 Å². The van der Waals surface area contributed by atoms with E-state index in [0.29, 0.717) is 36.5 Å². The van der Waals surface area contributed by atoms with Gasteiger partial charge >= 0.3 is 5.97 Å². The van der Waals surface area contributed by atoms with Crippen molar-refractivity contribution in [2.24, 2.45) is 29.1 Å². The summed E-state index contributed by atoms with van der Waals surface area (Å²) in [5.74, 6) is 1.56. The first-order valence-corrected chi connectivity index (χ1v) is 9.41. The number of carbonyl (C=O) groups excluding carboxylic acids is 1. The second-order valence-electron chi connectivity index (χ2n) is 9.10. The maximum absolute atomic E-state index is 11.8. The lowest BCUT2D eigenvalue weighted by molar-refractivity contribution is -0.228. The number of rotatable bonds is 0. The summed E-state index contributed by atoms with van der Waals surface area (Å²) in [6, 6.07) is 0. The quantitative estimate of drug-likeness (QED) is 0.673. The van der Waals surface area contributed by atoms with Crippen LogP contribution in [-0.4, -0.2) is 34.0 Å². The highest BCUT2D eigenvalue weighted by Gasteiger charge is 2.61. The summed E-state index contributed by atoms with van der Waals surface area (Å²) in [7, 11) is 0. The van der Waals surface area contributed by atoms with Gasteiger partial charge in [-0.3, -0.25) is 4.79 Å². The largest absolute Gasteiger partial charge is 0.459 e. The Morgan fingerprint density at radius 3 is 2.70 bits per heavy atom. The molecule has 0 radical (unpaired) electrons. The topological polar surface area (TPSA) is 66.8 Å². The van der Waals surface area contributed by atoms with Gasteiger partial charge in [-0.2, -0.15) is 0 Å². The van der Waals surface area contributed by atoms with Crippen molar-refractivity contribution in [1.29, 1.82) is 0 Å². The van der Waals surface area contributed by atoms with Crippen molar-refractivity contribution >= 4 is 5.97 Å². The SMILES string of the molecule is C[C@]12CC[C@H](O)C[C@@H]1CC[C@@H]1[C@@H]2[C@H](O)C[C@]2(C)OC(=O)CC[C@@H]12. The molecule has 0 amide bonds. The van der Waals surface area contributed by atoms with Crippen LogP contribution in [0.5, 0.6) is 0 Å². The Bertz CT molecular complexity index is 506. The fraction of sp³-hybridized carbons (Fsp3) is 0.947. The smallest absolute Gasteiger partial charge is 0.306 e. The number of aliphatic hydroxyl groups is 2. The van der Waals surface area contributed by atoms with Crippen LogP contribution in [0.1, 0.15) is 65.2 Å². The number of aliphatic hydroxyl groups excluding tert-OH is 2. The Balaban J connectivity index is 1.66. The maximum Gasteiger partial charge on any atom is 0.306 e. The number of hydrogen-bond acceptors (Lipinski definition) is 4. The molecule has 1 heterocycles. The lowest BCUT2D eigenvalue weighted by atomic mass is 9.45. The lowest BCUT2D eigenvalue weighted by Gasteiger charge is -2.63. The second-order valence-corrected chi connectivity index (χ2v) is 9.10. The van der Waals surface area contributed by atoms with Gasteiger partial charge < -0.3 is 14.9 Å². The molecule has 4 nitrogen and oxygen atoms in total. The number of fused-ring (bicyclic) bond motifs is 5. The Kier molecular flexibility index (Phi) is 3.59. The van der Waals surface area contributed by atoms with Crippen molar-refractivity contribution in [3.63, 3.8) is 0 Å². The summed E-state index contributed by atoms with van der Waals surface area (Å²) < 4.78 is 5.74. The average molecular weight is 322 g/mol. The summed E-state index contributed by atoms with van der Waals surface area (Å²) in [5, 5.41) is 21.1. The molecule has 0 aromatic rings. The van der Waals surface area contributed by atoms with Crippen LogP contribution < -0.4 is 0 Å². The number of hydrogen-bond donors (Lipinski definition) is 2. The fourth-order valence-corrected chi connectivity index (χ4v) is 6.89. The normalized spacial score (nSPS) is 56.1. The zero-order chi connectivity index (χ0) is 16.4. The number of carbonyl (C=O) groups is 1. The molecule has 23 heavy (non-hydrogen) atoms.